The molecule has 1 atom stereocenters. The van der Waals surface area contributed by atoms with Crippen LogP contribution in [0.4, 0.5) is 0 Å². The number of thiophene rings is 1. The average molecular weight is 344 g/mol. The normalized spacial score (nSPS) is 12.7. The highest BCUT2D eigenvalue weighted by molar-refractivity contribution is 9.11. The Kier molecular flexibility index (Phi) is 4.52. The lowest BCUT2D eigenvalue weighted by molar-refractivity contribution is 0.914. The number of hydrogen-bond acceptors (Lipinski definition) is 1. The number of rotatable bonds is 3. The van der Waals surface area contributed by atoms with E-state index in [0.29, 0.717) is 0 Å². The molecule has 1 aromatic carbocycles. The minimum absolute atomic E-state index is 0.0506. The van der Waals surface area contributed by atoms with E-state index >= 15 is 0 Å². The van der Waals surface area contributed by atoms with Gasteiger partial charge in [0, 0.05) is 4.88 Å². The van der Waals surface area contributed by atoms with Crippen molar-refractivity contribution in [3.8, 4) is 0 Å². The summed E-state index contributed by atoms with van der Waals surface area (Å²) in [5.41, 5.74) is 5.21. The van der Waals surface area contributed by atoms with Gasteiger partial charge in [-0.05, 0) is 71.4 Å². The molecule has 2 rings (SSSR count). The minimum Gasteiger partial charge on any atom is -0.133 e. The molecule has 0 aliphatic rings. The maximum atomic E-state index is 6.54. The van der Waals surface area contributed by atoms with Crippen LogP contribution in [0, 0.1) is 20.8 Å². The largest absolute Gasteiger partial charge is 0.133 e. The zero-order chi connectivity index (χ0) is 13.3. The molecule has 1 heterocycles. The van der Waals surface area contributed by atoms with Crippen molar-refractivity contribution in [3.63, 3.8) is 0 Å². The van der Waals surface area contributed by atoms with E-state index in [1.54, 1.807) is 11.3 Å². The zero-order valence-corrected chi connectivity index (χ0v) is 13.9. The fourth-order valence-electron chi connectivity index (χ4n) is 2.02. The van der Waals surface area contributed by atoms with Crippen LogP contribution in [-0.2, 0) is 6.42 Å². The van der Waals surface area contributed by atoms with Gasteiger partial charge < -0.3 is 0 Å². The van der Waals surface area contributed by atoms with E-state index < -0.39 is 0 Å². The Morgan fingerprint density at radius 1 is 1.17 bits per heavy atom. The highest BCUT2D eigenvalue weighted by Gasteiger charge is 2.14. The molecule has 0 aliphatic carbocycles. The standard InChI is InChI=1S/C15H16BrClS/c1-9-4-5-12(6-10(9)2)7-14(17)13-8-15(16)18-11(13)3/h4-6,8,14H,7H2,1-3H3. The summed E-state index contributed by atoms with van der Waals surface area (Å²) in [6, 6.07) is 8.72. The van der Waals surface area contributed by atoms with Gasteiger partial charge in [0.25, 0.3) is 0 Å². The number of alkyl halides is 1. The van der Waals surface area contributed by atoms with E-state index in [1.165, 1.54) is 27.1 Å². The first-order valence-electron chi connectivity index (χ1n) is 5.93. The van der Waals surface area contributed by atoms with Gasteiger partial charge in [-0.25, -0.2) is 0 Å². The summed E-state index contributed by atoms with van der Waals surface area (Å²) in [6.07, 6.45) is 0.882. The maximum Gasteiger partial charge on any atom is 0.0704 e. The molecule has 0 amide bonds. The predicted octanol–water partition coefficient (Wildman–Crippen LogP) is 5.96. The van der Waals surface area contributed by atoms with E-state index in [9.17, 15) is 0 Å². The Bertz CT molecular complexity index is 560. The topological polar surface area (TPSA) is 0 Å². The van der Waals surface area contributed by atoms with E-state index in [0.717, 1.165) is 10.2 Å². The van der Waals surface area contributed by atoms with Gasteiger partial charge in [-0.2, -0.15) is 0 Å². The van der Waals surface area contributed by atoms with E-state index in [4.69, 9.17) is 11.6 Å². The van der Waals surface area contributed by atoms with Crippen molar-refractivity contribution in [1.82, 2.24) is 0 Å². The lowest BCUT2D eigenvalue weighted by atomic mass is 10.0. The first-order chi connectivity index (χ1) is 8.47. The van der Waals surface area contributed by atoms with Crippen LogP contribution in [0.15, 0.2) is 28.1 Å². The molecule has 1 unspecified atom stereocenters. The summed E-state index contributed by atoms with van der Waals surface area (Å²) in [5, 5.41) is 0.0506. The monoisotopic (exact) mass is 342 g/mol. The van der Waals surface area contributed by atoms with E-state index in [1.807, 2.05) is 0 Å². The van der Waals surface area contributed by atoms with Gasteiger partial charge >= 0.3 is 0 Å². The second-order valence-corrected chi connectivity index (χ2v) is 7.81. The van der Waals surface area contributed by atoms with Crippen LogP contribution in [0.25, 0.3) is 0 Å². The summed E-state index contributed by atoms with van der Waals surface area (Å²) in [6.45, 7) is 6.41. The highest BCUT2D eigenvalue weighted by atomic mass is 79.9. The first kappa shape index (κ1) is 14.1. The Balaban J connectivity index is 2.18. The van der Waals surface area contributed by atoms with Crippen molar-refractivity contribution < 1.29 is 0 Å². The molecular formula is C15H16BrClS. The number of benzene rings is 1. The molecule has 96 valence electrons. The Hall–Kier alpha value is -0.310. The third kappa shape index (κ3) is 3.17. The molecule has 0 N–H and O–H groups in total. The molecule has 18 heavy (non-hydrogen) atoms. The first-order valence-corrected chi connectivity index (χ1v) is 7.98. The summed E-state index contributed by atoms with van der Waals surface area (Å²) < 4.78 is 1.15. The molecule has 0 fully saturated rings. The van der Waals surface area contributed by atoms with Crippen LogP contribution in [0.1, 0.15) is 32.5 Å². The predicted molar refractivity (Wildman–Crippen MR) is 85.0 cm³/mol. The van der Waals surface area contributed by atoms with Crippen molar-refractivity contribution in [1.29, 1.82) is 0 Å². The molecule has 0 saturated heterocycles. The van der Waals surface area contributed by atoms with Gasteiger partial charge in [-0.3, -0.25) is 0 Å². The molecule has 0 bridgehead atoms. The third-order valence-corrected chi connectivity index (χ3v) is 5.21. The summed E-state index contributed by atoms with van der Waals surface area (Å²) >= 11 is 11.8. The highest BCUT2D eigenvalue weighted by Crippen LogP contribution is 2.35. The van der Waals surface area contributed by atoms with Gasteiger partial charge in [-0.15, -0.1) is 22.9 Å². The third-order valence-electron chi connectivity index (χ3n) is 3.25. The van der Waals surface area contributed by atoms with Gasteiger partial charge in [0.1, 0.15) is 0 Å². The molecule has 0 aliphatic heterocycles. The van der Waals surface area contributed by atoms with Crippen LogP contribution in [0.3, 0.4) is 0 Å². The molecular weight excluding hydrogens is 328 g/mol. The van der Waals surface area contributed by atoms with Gasteiger partial charge in [-0.1, -0.05) is 18.2 Å². The van der Waals surface area contributed by atoms with Crippen LogP contribution >= 0.6 is 38.9 Å². The lowest BCUT2D eigenvalue weighted by Crippen LogP contribution is -1.97. The molecule has 0 nitrogen and oxygen atoms in total. The Morgan fingerprint density at radius 2 is 1.89 bits per heavy atom. The molecule has 2 aromatic rings. The second kappa shape index (κ2) is 5.77. The van der Waals surface area contributed by atoms with Crippen molar-refractivity contribution in [2.75, 3.05) is 0 Å². The van der Waals surface area contributed by atoms with Gasteiger partial charge in [0.2, 0.25) is 0 Å². The molecule has 0 saturated carbocycles. The Morgan fingerprint density at radius 3 is 2.44 bits per heavy atom. The van der Waals surface area contributed by atoms with Gasteiger partial charge in [0.15, 0.2) is 0 Å². The molecule has 0 spiro atoms. The van der Waals surface area contributed by atoms with Crippen molar-refractivity contribution >= 4 is 38.9 Å². The fraction of sp³-hybridized carbons (Fsp3) is 0.333. The van der Waals surface area contributed by atoms with Crippen molar-refractivity contribution in [3.05, 3.63) is 55.2 Å². The summed E-state index contributed by atoms with van der Waals surface area (Å²) in [5.74, 6) is 0. The average Bonchev–Trinajstić information content (AvgIpc) is 2.63. The number of hydrogen-bond donors (Lipinski definition) is 0. The van der Waals surface area contributed by atoms with Gasteiger partial charge in [0.05, 0.1) is 9.16 Å². The number of aryl methyl sites for hydroxylation is 3. The maximum absolute atomic E-state index is 6.54. The van der Waals surface area contributed by atoms with E-state index in [2.05, 4.69) is 61.0 Å². The van der Waals surface area contributed by atoms with Crippen LogP contribution in [-0.4, -0.2) is 0 Å². The molecule has 0 radical (unpaired) electrons. The smallest absolute Gasteiger partial charge is 0.0704 e. The van der Waals surface area contributed by atoms with Crippen molar-refractivity contribution in [2.45, 2.75) is 32.6 Å². The molecule has 3 heteroatoms. The van der Waals surface area contributed by atoms with E-state index in [-0.39, 0.29) is 5.38 Å². The minimum atomic E-state index is 0.0506. The molecule has 1 aromatic heterocycles. The van der Waals surface area contributed by atoms with Crippen LogP contribution in [0.5, 0.6) is 0 Å². The summed E-state index contributed by atoms with van der Waals surface area (Å²) in [4.78, 5) is 1.30. The van der Waals surface area contributed by atoms with Crippen LogP contribution in [0.2, 0.25) is 0 Å². The second-order valence-electron chi connectivity index (χ2n) is 4.65. The Labute approximate surface area is 126 Å². The zero-order valence-electron chi connectivity index (χ0n) is 10.8. The quantitative estimate of drug-likeness (QED) is 0.603. The lowest BCUT2D eigenvalue weighted by Gasteiger charge is -2.11. The fourth-order valence-corrected chi connectivity index (χ4v) is 4.26. The van der Waals surface area contributed by atoms with Crippen LogP contribution < -0.4 is 0 Å². The number of halogens is 2. The summed E-state index contributed by atoms with van der Waals surface area (Å²) in [7, 11) is 0. The van der Waals surface area contributed by atoms with Crippen molar-refractivity contribution in [2.24, 2.45) is 0 Å². The SMILES string of the molecule is Cc1ccc(CC(Cl)c2cc(Br)sc2C)cc1C.